The smallest absolute Gasteiger partial charge is 0.227 e. The summed E-state index contributed by atoms with van der Waals surface area (Å²) in [5, 5.41) is 24.4. The summed E-state index contributed by atoms with van der Waals surface area (Å²) in [6, 6.07) is 14.3. The predicted molar refractivity (Wildman–Crippen MR) is 153 cm³/mol. The van der Waals surface area contributed by atoms with Crippen molar-refractivity contribution in [3.05, 3.63) is 60.6 Å². The normalized spacial score (nSPS) is 12.6. The van der Waals surface area contributed by atoms with Gasteiger partial charge in [-0.2, -0.15) is 9.97 Å². The van der Waals surface area contributed by atoms with E-state index >= 15 is 0 Å². The van der Waals surface area contributed by atoms with Crippen LogP contribution in [0.3, 0.4) is 0 Å². The molecule has 1 aromatic carbocycles. The number of nitrogens with two attached hydrogens (primary N) is 1. The molecule has 0 aliphatic rings. The van der Waals surface area contributed by atoms with Crippen LogP contribution >= 0.6 is 0 Å². The minimum atomic E-state index is -0.106. The Kier molecular flexibility index (Phi) is 11.0. The van der Waals surface area contributed by atoms with E-state index in [4.69, 9.17) is 10.8 Å². The third-order valence-electron chi connectivity index (χ3n) is 6.14. The molecule has 3 heterocycles. The van der Waals surface area contributed by atoms with E-state index < -0.39 is 0 Å². The van der Waals surface area contributed by atoms with Crippen molar-refractivity contribution in [3.8, 4) is 11.3 Å². The zero-order valence-electron chi connectivity index (χ0n) is 22.7. The Balaban J connectivity index is 0.000000599. The number of nitrogens with one attached hydrogen (secondary N) is 2. The summed E-state index contributed by atoms with van der Waals surface area (Å²) in [5.41, 5.74) is 9.76. The number of fused-ring (bicyclic) bond motifs is 1. The van der Waals surface area contributed by atoms with Crippen molar-refractivity contribution in [2.75, 3.05) is 23.8 Å². The summed E-state index contributed by atoms with van der Waals surface area (Å²) in [6.45, 7) is 8.81. The van der Waals surface area contributed by atoms with Gasteiger partial charge in [-0.25, -0.2) is 4.98 Å². The molecule has 0 radical (unpaired) electrons. The highest BCUT2D eigenvalue weighted by Crippen LogP contribution is 2.24. The first-order chi connectivity index (χ1) is 18.4. The van der Waals surface area contributed by atoms with E-state index in [0.29, 0.717) is 18.3 Å². The quantitative estimate of drug-likeness (QED) is 0.198. The second kappa shape index (κ2) is 14.4. The lowest BCUT2D eigenvalue weighted by molar-refractivity contribution is 0.263. The molecule has 10 nitrogen and oxygen atoms in total. The number of aliphatic hydroxyl groups is 2. The van der Waals surface area contributed by atoms with Crippen molar-refractivity contribution in [1.82, 2.24) is 24.5 Å². The minimum absolute atomic E-state index is 0.00926. The van der Waals surface area contributed by atoms with E-state index in [1.165, 1.54) is 0 Å². The maximum Gasteiger partial charge on any atom is 0.227 e. The summed E-state index contributed by atoms with van der Waals surface area (Å²) in [5.74, 6) is 1.12. The number of hydrogen-bond donors (Lipinski definition) is 5. The first-order valence-electron chi connectivity index (χ1n) is 13.1. The molecule has 0 spiro atoms. The zero-order valence-corrected chi connectivity index (χ0v) is 22.7. The molecular weight excluding hydrogens is 480 g/mol. The number of aromatic nitrogens is 5. The van der Waals surface area contributed by atoms with E-state index in [2.05, 4.69) is 50.5 Å². The fraction of sp³-hybridized carbons (Fsp3) is 0.429. The van der Waals surface area contributed by atoms with Gasteiger partial charge in [0.05, 0.1) is 31.3 Å². The van der Waals surface area contributed by atoms with Crippen LogP contribution in [0.1, 0.15) is 52.1 Å². The van der Waals surface area contributed by atoms with Gasteiger partial charge in [0.25, 0.3) is 0 Å². The maximum atomic E-state index is 9.57. The van der Waals surface area contributed by atoms with Crippen molar-refractivity contribution < 1.29 is 10.2 Å². The molecule has 4 rings (SSSR count). The van der Waals surface area contributed by atoms with Crippen molar-refractivity contribution in [2.45, 2.75) is 65.2 Å². The Morgan fingerprint density at radius 1 is 0.947 bits per heavy atom. The van der Waals surface area contributed by atoms with Gasteiger partial charge in [-0.1, -0.05) is 50.2 Å². The highest BCUT2D eigenvalue weighted by atomic mass is 16.3. The third kappa shape index (κ3) is 7.70. The molecule has 204 valence electrons. The van der Waals surface area contributed by atoms with Crippen LogP contribution in [0.4, 0.5) is 11.8 Å². The Morgan fingerprint density at radius 2 is 1.71 bits per heavy atom. The van der Waals surface area contributed by atoms with Gasteiger partial charge in [0, 0.05) is 30.4 Å². The lowest BCUT2D eigenvalue weighted by Crippen LogP contribution is -2.24. The van der Waals surface area contributed by atoms with Gasteiger partial charge >= 0.3 is 0 Å². The monoisotopic (exact) mass is 520 g/mol. The van der Waals surface area contributed by atoms with Crippen LogP contribution in [-0.2, 0) is 6.54 Å². The van der Waals surface area contributed by atoms with Gasteiger partial charge in [-0.05, 0) is 38.3 Å². The Bertz CT molecular complexity index is 1240. The molecule has 0 aliphatic heterocycles. The Hall–Kier alpha value is -3.60. The van der Waals surface area contributed by atoms with Crippen LogP contribution in [0, 0.1) is 0 Å². The van der Waals surface area contributed by atoms with E-state index in [1.807, 2.05) is 61.0 Å². The molecule has 10 heteroatoms. The van der Waals surface area contributed by atoms with Crippen LogP contribution in [0.25, 0.3) is 22.4 Å². The molecule has 0 amide bonds. The molecular formula is C28H40N8O2. The number of aliphatic hydroxyl groups excluding tert-OH is 2. The third-order valence-corrected chi connectivity index (χ3v) is 6.14. The standard InChI is InChI=1S/C24H29N7O.C4H11NO/c1-4-19(14-32)28-24-29-22(21-23(30-24)31(15-27-21)16(2)3)26-13-17-10-11-20(25-12-17)18-8-6-5-7-9-18;1-2-4(5)3-6/h5-12,15-16,19,32H,4,13-14H2,1-3H3,(H2,26,28,29,30);4,6H,2-3,5H2,1H3/t19-;4-/m11/s1. The predicted octanol–water partition coefficient (Wildman–Crippen LogP) is 3.98. The first kappa shape index (κ1) is 29.0. The maximum absolute atomic E-state index is 9.57. The van der Waals surface area contributed by atoms with Gasteiger partial charge < -0.3 is 31.1 Å². The molecule has 2 atom stereocenters. The van der Waals surface area contributed by atoms with Gasteiger partial charge in [0.15, 0.2) is 17.0 Å². The Labute approximate surface area is 224 Å². The number of nitrogens with zero attached hydrogens (tertiary/aromatic N) is 5. The molecule has 0 saturated carbocycles. The zero-order chi connectivity index (χ0) is 27.5. The lowest BCUT2D eigenvalue weighted by Gasteiger charge is -2.16. The number of imidazole rings is 1. The summed E-state index contributed by atoms with van der Waals surface area (Å²) in [7, 11) is 0. The molecule has 0 unspecified atom stereocenters. The largest absolute Gasteiger partial charge is 0.395 e. The van der Waals surface area contributed by atoms with Gasteiger partial charge in [-0.3, -0.25) is 4.98 Å². The van der Waals surface area contributed by atoms with Crippen LogP contribution in [0.2, 0.25) is 0 Å². The fourth-order valence-electron chi connectivity index (χ4n) is 3.57. The number of hydrogen-bond acceptors (Lipinski definition) is 9. The number of rotatable bonds is 11. The van der Waals surface area contributed by atoms with Crippen molar-refractivity contribution >= 4 is 22.9 Å². The van der Waals surface area contributed by atoms with Crippen molar-refractivity contribution in [1.29, 1.82) is 0 Å². The molecule has 3 aromatic heterocycles. The molecule has 6 N–H and O–H groups in total. The van der Waals surface area contributed by atoms with E-state index in [-0.39, 0.29) is 31.3 Å². The Morgan fingerprint density at radius 3 is 2.26 bits per heavy atom. The average molecular weight is 521 g/mol. The van der Waals surface area contributed by atoms with E-state index in [1.54, 1.807) is 6.33 Å². The summed E-state index contributed by atoms with van der Waals surface area (Å²) < 4.78 is 2.02. The average Bonchev–Trinajstić information content (AvgIpc) is 3.40. The molecule has 0 fully saturated rings. The van der Waals surface area contributed by atoms with Crippen LogP contribution in [-0.4, -0.2) is 60.0 Å². The van der Waals surface area contributed by atoms with Crippen LogP contribution in [0.15, 0.2) is 55.0 Å². The first-order valence-corrected chi connectivity index (χ1v) is 13.1. The topological polar surface area (TPSA) is 147 Å². The molecule has 0 aliphatic carbocycles. The number of pyridine rings is 1. The highest BCUT2D eigenvalue weighted by molar-refractivity contribution is 5.84. The van der Waals surface area contributed by atoms with E-state index in [0.717, 1.165) is 40.8 Å². The highest BCUT2D eigenvalue weighted by Gasteiger charge is 2.16. The van der Waals surface area contributed by atoms with Gasteiger partial charge in [-0.15, -0.1) is 0 Å². The number of benzene rings is 1. The van der Waals surface area contributed by atoms with Crippen LogP contribution < -0.4 is 16.4 Å². The SMILES string of the molecule is CC[C@@H](N)CO.CC[C@H](CO)Nc1nc(NCc2ccc(-c3ccccc3)nc2)c2ncn(C(C)C)c2n1. The summed E-state index contributed by atoms with van der Waals surface area (Å²) >= 11 is 0. The molecule has 38 heavy (non-hydrogen) atoms. The summed E-state index contributed by atoms with van der Waals surface area (Å²) in [6.07, 6.45) is 5.29. The van der Waals surface area contributed by atoms with Gasteiger partial charge in [0.2, 0.25) is 5.95 Å². The van der Waals surface area contributed by atoms with Crippen molar-refractivity contribution in [2.24, 2.45) is 5.73 Å². The number of anilines is 2. The van der Waals surface area contributed by atoms with E-state index in [9.17, 15) is 5.11 Å². The molecule has 0 saturated heterocycles. The molecule has 4 aromatic rings. The summed E-state index contributed by atoms with van der Waals surface area (Å²) in [4.78, 5) is 18.5. The lowest BCUT2D eigenvalue weighted by atomic mass is 10.1. The molecule has 0 bridgehead atoms. The minimum Gasteiger partial charge on any atom is -0.395 e. The second-order valence-electron chi connectivity index (χ2n) is 9.37. The van der Waals surface area contributed by atoms with Crippen LogP contribution in [0.5, 0.6) is 0 Å². The van der Waals surface area contributed by atoms with Gasteiger partial charge in [0.1, 0.15) is 0 Å². The fourth-order valence-corrected chi connectivity index (χ4v) is 3.57. The van der Waals surface area contributed by atoms with Crippen molar-refractivity contribution in [3.63, 3.8) is 0 Å². The second-order valence-corrected chi connectivity index (χ2v) is 9.37.